The molecule has 0 spiro atoms. The van der Waals surface area contributed by atoms with Gasteiger partial charge in [0.15, 0.2) is 0 Å². The van der Waals surface area contributed by atoms with Crippen LogP contribution in [0.5, 0.6) is 0 Å². The summed E-state index contributed by atoms with van der Waals surface area (Å²) in [6.07, 6.45) is 3.54. The Morgan fingerprint density at radius 2 is 1.39 bits per heavy atom. The van der Waals surface area contributed by atoms with Crippen molar-refractivity contribution in [2.24, 2.45) is 5.92 Å². The fourth-order valence-corrected chi connectivity index (χ4v) is 8.16. The van der Waals surface area contributed by atoms with Gasteiger partial charge in [0.2, 0.25) is 11.8 Å². The molecule has 6 rings (SSSR count). The summed E-state index contributed by atoms with van der Waals surface area (Å²) >= 11 is 0. The first kappa shape index (κ1) is 32.3. The second-order valence-corrected chi connectivity index (χ2v) is 13.3. The van der Waals surface area contributed by atoms with E-state index in [-0.39, 0.29) is 23.8 Å². The van der Waals surface area contributed by atoms with Gasteiger partial charge < -0.3 is 15.5 Å². The molecule has 5 nitrogen and oxygen atoms in total. The van der Waals surface area contributed by atoms with Gasteiger partial charge in [-0.1, -0.05) is 98.1 Å². The first-order valence-corrected chi connectivity index (χ1v) is 16.9. The monoisotopic (exact) mass is 631 g/mol. The Kier molecular flexibility index (Phi) is 9.83. The van der Waals surface area contributed by atoms with Crippen LogP contribution in [0.3, 0.4) is 0 Å². The quantitative estimate of drug-likeness (QED) is 0.230. The fraction of sp³-hybridized carbons (Fsp3) is 0.474. The van der Waals surface area contributed by atoms with E-state index in [9.17, 15) is 22.8 Å². The molecule has 0 aromatic heterocycles. The first-order chi connectivity index (χ1) is 22.3. The zero-order valence-corrected chi connectivity index (χ0v) is 26.3. The molecule has 0 bridgehead atoms. The number of rotatable bonds is 10. The van der Waals surface area contributed by atoms with Crippen molar-refractivity contribution in [3.05, 3.63) is 95.6 Å². The van der Waals surface area contributed by atoms with Crippen molar-refractivity contribution in [1.29, 1.82) is 0 Å². The maximum absolute atomic E-state index is 13.7. The highest BCUT2D eigenvalue weighted by atomic mass is 19.4. The molecule has 2 fully saturated rings. The van der Waals surface area contributed by atoms with Crippen molar-refractivity contribution in [2.75, 3.05) is 26.2 Å². The van der Waals surface area contributed by atoms with Crippen LogP contribution in [0.1, 0.15) is 80.4 Å². The highest BCUT2D eigenvalue weighted by Crippen LogP contribution is 2.51. The Hall–Kier alpha value is -3.65. The van der Waals surface area contributed by atoms with Crippen LogP contribution >= 0.6 is 0 Å². The van der Waals surface area contributed by atoms with E-state index in [0.29, 0.717) is 12.8 Å². The van der Waals surface area contributed by atoms with Gasteiger partial charge in [-0.2, -0.15) is 13.2 Å². The third-order valence-electron chi connectivity index (χ3n) is 10.4. The van der Waals surface area contributed by atoms with Crippen molar-refractivity contribution < 1.29 is 22.8 Å². The Morgan fingerprint density at radius 3 is 2.04 bits per heavy atom. The minimum atomic E-state index is -4.49. The number of hydrogen-bond donors (Lipinski definition) is 2. The number of likely N-dealkylation sites (tertiary alicyclic amines) is 1. The second-order valence-electron chi connectivity index (χ2n) is 13.3. The first-order valence-electron chi connectivity index (χ1n) is 16.9. The summed E-state index contributed by atoms with van der Waals surface area (Å²) in [6.45, 7) is 1.28. The van der Waals surface area contributed by atoms with E-state index >= 15 is 0 Å². The second kappa shape index (κ2) is 14.0. The van der Waals surface area contributed by atoms with Gasteiger partial charge in [0, 0.05) is 25.0 Å². The van der Waals surface area contributed by atoms with Crippen molar-refractivity contribution >= 4 is 11.8 Å². The van der Waals surface area contributed by atoms with E-state index in [2.05, 4.69) is 39.8 Å². The summed E-state index contributed by atoms with van der Waals surface area (Å²) < 4.78 is 39.5. The van der Waals surface area contributed by atoms with Gasteiger partial charge in [-0.25, -0.2) is 0 Å². The number of carbonyl (C=O) groups is 2. The average Bonchev–Trinajstić information content (AvgIpc) is 3.37. The summed E-state index contributed by atoms with van der Waals surface area (Å²) in [4.78, 5) is 29.5. The smallest absolute Gasteiger partial charge is 0.353 e. The molecule has 1 heterocycles. The minimum absolute atomic E-state index is 0.0284. The zero-order chi connectivity index (χ0) is 32.1. The number of nitrogens with zero attached hydrogens (tertiary/aromatic N) is 1. The molecule has 3 aromatic carbocycles. The lowest BCUT2D eigenvalue weighted by Crippen LogP contribution is -2.48. The molecule has 0 unspecified atom stereocenters. The lowest BCUT2D eigenvalue weighted by atomic mass is 9.73. The van der Waals surface area contributed by atoms with Crippen LogP contribution in [0.25, 0.3) is 11.1 Å². The Labute approximate surface area is 270 Å². The molecule has 3 aromatic rings. The Bertz CT molecular complexity index is 1450. The number of amides is 2. The molecule has 2 amide bonds. The van der Waals surface area contributed by atoms with Crippen molar-refractivity contribution in [3.8, 4) is 11.1 Å². The lowest BCUT2D eigenvalue weighted by molar-refractivity contribution is -0.141. The summed E-state index contributed by atoms with van der Waals surface area (Å²) in [5.41, 5.74) is 3.48. The van der Waals surface area contributed by atoms with Gasteiger partial charge in [-0.15, -0.1) is 0 Å². The Balaban J connectivity index is 1.04. The standard InChI is InChI=1S/C38H44F3N3O2/c39-38(40,41)26-42-36(46)37(33-18-8-6-15-30(33)31-16-7-9-19-34(31)37)22-10-11-23-44-24-20-28(21-25-44)43-35(45)32-17-5-4-14-29(32)27-12-2-1-3-13-27/h1-3,6-9,12-13,15-16,18-19,28-29,32H,4-5,10-11,14,17,20-26H2,(H,42,46)(H,43,45)/t29-,32+/m0/s1. The average molecular weight is 632 g/mol. The summed E-state index contributed by atoms with van der Waals surface area (Å²) in [5.74, 6) is -0.0853. The van der Waals surface area contributed by atoms with E-state index < -0.39 is 24.0 Å². The predicted octanol–water partition coefficient (Wildman–Crippen LogP) is 7.36. The SMILES string of the molecule is O=C(NC1CCN(CCCCC2(C(=O)NCC(F)(F)F)c3ccccc3-c3ccccc32)CC1)[C@@H]1CCCC[C@H]1c1ccccc1. The number of benzene rings is 3. The lowest BCUT2D eigenvalue weighted by Gasteiger charge is -2.36. The summed E-state index contributed by atoms with van der Waals surface area (Å²) in [5, 5.41) is 5.61. The van der Waals surface area contributed by atoms with E-state index in [0.717, 1.165) is 80.4 Å². The van der Waals surface area contributed by atoms with Gasteiger partial charge >= 0.3 is 6.18 Å². The molecule has 2 atom stereocenters. The molecule has 3 aliphatic rings. The molecule has 46 heavy (non-hydrogen) atoms. The fourth-order valence-electron chi connectivity index (χ4n) is 8.16. The molecule has 8 heteroatoms. The molecule has 2 aliphatic carbocycles. The third kappa shape index (κ3) is 6.87. The van der Waals surface area contributed by atoms with Gasteiger partial charge in [-0.3, -0.25) is 9.59 Å². The van der Waals surface area contributed by atoms with Crippen LogP contribution in [0, 0.1) is 5.92 Å². The largest absolute Gasteiger partial charge is 0.405 e. The van der Waals surface area contributed by atoms with Gasteiger partial charge in [0.05, 0.1) is 0 Å². The van der Waals surface area contributed by atoms with Crippen LogP contribution < -0.4 is 10.6 Å². The minimum Gasteiger partial charge on any atom is -0.353 e. The number of nitrogens with one attached hydrogen (secondary N) is 2. The highest BCUT2D eigenvalue weighted by Gasteiger charge is 2.49. The van der Waals surface area contributed by atoms with Crippen molar-refractivity contribution in [1.82, 2.24) is 15.5 Å². The zero-order valence-electron chi connectivity index (χ0n) is 26.3. The number of halogens is 3. The molecule has 0 radical (unpaired) electrons. The molecular weight excluding hydrogens is 587 g/mol. The number of alkyl halides is 3. The molecule has 1 saturated heterocycles. The number of fused-ring (bicyclic) bond motifs is 3. The number of unbranched alkanes of at least 4 members (excludes halogenated alkanes) is 1. The van der Waals surface area contributed by atoms with Crippen LogP contribution in [-0.2, 0) is 15.0 Å². The van der Waals surface area contributed by atoms with Crippen molar-refractivity contribution in [2.45, 2.75) is 81.3 Å². The van der Waals surface area contributed by atoms with Gasteiger partial charge in [0.25, 0.3) is 0 Å². The molecule has 1 aliphatic heterocycles. The topological polar surface area (TPSA) is 61.4 Å². The maximum Gasteiger partial charge on any atom is 0.405 e. The molecular formula is C38H44F3N3O2. The number of carbonyl (C=O) groups excluding carboxylic acids is 2. The molecule has 2 N–H and O–H groups in total. The van der Waals surface area contributed by atoms with Crippen LogP contribution in [0.4, 0.5) is 13.2 Å². The van der Waals surface area contributed by atoms with Crippen LogP contribution in [-0.4, -0.2) is 55.1 Å². The van der Waals surface area contributed by atoms with E-state index in [4.69, 9.17) is 0 Å². The molecule has 1 saturated carbocycles. The third-order valence-corrected chi connectivity index (χ3v) is 10.4. The highest BCUT2D eigenvalue weighted by molar-refractivity contribution is 6.00. The van der Waals surface area contributed by atoms with Gasteiger partial charge in [0.1, 0.15) is 12.0 Å². The van der Waals surface area contributed by atoms with Crippen LogP contribution in [0.2, 0.25) is 0 Å². The normalized spacial score (nSPS) is 21.3. The maximum atomic E-state index is 13.7. The predicted molar refractivity (Wildman–Crippen MR) is 174 cm³/mol. The van der Waals surface area contributed by atoms with Crippen molar-refractivity contribution in [3.63, 3.8) is 0 Å². The van der Waals surface area contributed by atoms with Gasteiger partial charge in [-0.05, 0) is 78.8 Å². The van der Waals surface area contributed by atoms with E-state index in [1.54, 1.807) is 0 Å². The Morgan fingerprint density at radius 1 is 0.783 bits per heavy atom. The van der Waals surface area contributed by atoms with E-state index in [1.165, 1.54) is 12.0 Å². The summed E-state index contributed by atoms with van der Waals surface area (Å²) in [6, 6.07) is 25.8. The summed E-state index contributed by atoms with van der Waals surface area (Å²) in [7, 11) is 0. The number of hydrogen-bond acceptors (Lipinski definition) is 3. The van der Waals surface area contributed by atoms with Crippen LogP contribution in [0.15, 0.2) is 78.9 Å². The van der Waals surface area contributed by atoms with E-state index in [1.807, 2.05) is 54.6 Å². The number of piperidine rings is 1. The molecule has 244 valence electrons.